The van der Waals surface area contributed by atoms with Crippen LogP contribution in [-0.2, 0) is 5.88 Å². The smallest absolute Gasteiger partial charge is 0.0494 e. The number of anilines is 1. The van der Waals surface area contributed by atoms with Crippen molar-refractivity contribution in [2.75, 3.05) is 11.9 Å². The van der Waals surface area contributed by atoms with Crippen LogP contribution in [0.15, 0.2) is 22.7 Å². The number of rotatable bonds is 4. The molecule has 1 aromatic rings. The summed E-state index contributed by atoms with van der Waals surface area (Å²) in [7, 11) is 2.13. The molecule has 16 heavy (non-hydrogen) atoms. The number of alkyl halides is 1. The van der Waals surface area contributed by atoms with E-state index < -0.39 is 0 Å². The van der Waals surface area contributed by atoms with E-state index in [2.05, 4.69) is 66.8 Å². The van der Waals surface area contributed by atoms with Crippen molar-refractivity contribution in [2.24, 2.45) is 0 Å². The second-order valence-electron chi connectivity index (χ2n) is 4.63. The van der Waals surface area contributed by atoms with Gasteiger partial charge in [-0.05, 0) is 44.0 Å². The van der Waals surface area contributed by atoms with E-state index in [1.165, 1.54) is 11.3 Å². The van der Waals surface area contributed by atoms with Gasteiger partial charge in [-0.25, -0.2) is 0 Å². The van der Waals surface area contributed by atoms with Crippen LogP contribution < -0.4 is 4.90 Å². The number of nitrogens with zero attached hydrogens (tertiary/aromatic N) is 1. The lowest BCUT2D eigenvalue weighted by Crippen LogP contribution is -2.41. The van der Waals surface area contributed by atoms with Crippen molar-refractivity contribution >= 4 is 33.2 Å². The molecule has 0 saturated carbocycles. The van der Waals surface area contributed by atoms with Gasteiger partial charge in [-0.2, -0.15) is 0 Å². The molecule has 0 fully saturated rings. The molecule has 0 aliphatic heterocycles. The lowest BCUT2D eigenvalue weighted by Gasteiger charge is -2.38. The maximum absolute atomic E-state index is 5.99. The first-order valence-electron chi connectivity index (χ1n) is 5.50. The van der Waals surface area contributed by atoms with Crippen molar-refractivity contribution in [1.29, 1.82) is 0 Å². The molecule has 1 nitrogen and oxygen atoms in total. The predicted molar refractivity (Wildman–Crippen MR) is 76.5 cm³/mol. The normalized spacial score (nSPS) is 11.6. The van der Waals surface area contributed by atoms with Crippen LogP contribution in [0.4, 0.5) is 5.69 Å². The minimum atomic E-state index is 0.147. The monoisotopic (exact) mass is 303 g/mol. The predicted octanol–water partition coefficient (Wildman–Crippen LogP) is 4.81. The molecule has 1 aromatic carbocycles. The van der Waals surface area contributed by atoms with Crippen molar-refractivity contribution in [1.82, 2.24) is 0 Å². The largest absolute Gasteiger partial charge is 0.369 e. The SMILES string of the molecule is CCC(C)(C)N(C)c1ccc(Br)cc1CCl. The minimum Gasteiger partial charge on any atom is -0.369 e. The van der Waals surface area contributed by atoms with Gasteiger partial charge >= 0.3 is 0 Å². The van der Waals surface area contributed by atoms with Gasteiger partial charge in [0.05, 0.1) is 0 Å². The molecule has 0 aromatic heterocycles. The van der Waals surface area contributed by atoms with Gasteiger partial charge in [-0.3, -0.25) is 0 Å². The summed E-state index contributed by atoms with van der Waals surface area (Å²) in [5, 5.41) is 0. The van der Waals surface area contributed by atoms with Crippen molar-refractivity contribution in [3.63, 3.8) is 0 Å². The van der Waals surface area contributed by atoms with E-state index >= 15 is 0 Å². The molecular formula is C13H19BrClN. The highest BCUT2D eigenvalue weighted by atomic mass is 79.9. The minimum absolute atomic E-state index is 0.147. The molecule has 0 bridgehead atoms. The third-order valence-corrected chi connectivity index (χ3v) is 4.10. The van der Waals surface area contributed by atoms with Crippen molar-refractivity contribution in [2.45, 2.75) is 38.6 Å². The van der Waals surface area contributed by atoms with Gasteiger partial charge in [0.15, 0.2) is 0 Å². The van der Waals surface area contributed by atoms with Gasteiger partial charge in [-0.1, -0.05) is 22.9 Å². The molecule has 0 radical (unpaired) electrons. The molecule has 0 unspecified atom stereocenters. The summed E-state index contributed by atoms with van der Waals surface area (Å²) >= 11 is 9.47. The van der Waals surface area contributed by atoms with Crippen LogP contribution in [0.1, 0.15) is 32.8 Å². The fourth-order valence-electron chi connectivity index (χ4n) is 1.55. The van der Waals surface area contributed by atoms with E-state index in [1.54, 1.807) is 0 Å². The highest BCUT2D eigenvalue weighted by Crippen LogP contribution is 2.30. The Morgan fingerprint density at radius 2 is 2.00 bits per heavy atom. The lowest BCUT2D eigenvalue weighted by molar-refractivity contribution is 0.470. The van der Waals surface area contributed by atoms with Gasteiger partial charge in [0.1, 0.15) is 0 Å². The number of benzene rings is 1. The van der Waals surface area contributed by atoms with E-state index in [1.807, 2.05) is 0 Å². The summed E-state index contributed by atoms with van der Waals surface area (Å²) in [6, 6.07) is 6.28. The Morgan fingerprint density at radius 3 is 2.50 bits per heavy atom. The summed E-state index contributed by atoms with van der Waals surface area (Å²) in [5.74, 6) is 0.541. The Kier molecular flexibility index (Phi) is 4.69. The average molecular weight is 305 g/mol. The standard InChI is InChI=1S/C13H19BrClN/c1-5-13(2,3)16(4)12-7-6-11(14)8-10(12)9-15/h6-8H,5,9H2,1-4H3. The topological polar surface area (TPSA) is 3.24 Å². The van der Waals surface area contributed by atoms with Crippen LogP contribution in [-0.4, -0.2) is 12.6 Å². The molecule has 0 amide bonds. The molecule has 0 atom stereocenters. The molecule has 0 heterocycles. The molecule has 3 heteroatoms. The second-order valence-corrected chi connectivity index (χ2v) is 5.81. The molecule has 0 N–H and O–H groups in total. The van der Waals surface area contributed by atoms with E-state index in [0.29, 0.717) is 5.88 Å². The van der Waals surface area contributed by atoms with Crippen LogP contribution in [0.25, 0.3) is 0 Å². The molecule has 0 aliphatic carbocycles. The summed E-state index contributed by atoms with van der Waals surface area (Å²) in [5.41, 5.74) is 2.53. The number of halogens is 2. The first kappa shape index (κ1) is 13.9. The fourth-order valence-corrected chi connectivity index (χ4v) is 2.17. The zero-order chi connectivity index (χ0) is 12.3. The van der Waals surface area contributed by atoms with E-state index in [0.717, 1.165) is 10.9 Å². The zero-order valence-corrected chi connectivity index (χ0v) is 12.7. The van der Waals surface area contributed by atoms with Crippen LogP contribution in [0, 0.1) is 0 Å². The van der Waals surface area contributed by atoms with Gasteiger partial charge in [0, 0.05) is 28.6 Å². The number of hydrogen-bond acceptors (Lipinski definition) is 1. The highest BCUT2D eigenvalue weighted by Gasteiger charge is 2.23. The van der Waals surface area contributed by atoms with E-state index in [9.17, 15) is 0 Å². The second kappa shape index (κ2) is 5.42. The van der Waals surface area contributed by atoms with Gasteiger partial charge < -0.3 is 4.90 Å². The highest BCUT2D eigenvalue weighted by molar-refractivity contribution is 9.10. The first-order chi connectivity index (χ1) is 7.42. The molecule has 0 spiro atoms. The Hall–Kier alpha value is -0.210. The zero-order valence-electron chi connectivity index (χ0n) is 10.3. The maximum atomic E-state index is 5.99. The van der Waals surface area contributed by atoms with Crippen molar-refractivity contribution in [3.05, 3.63) is 28.2 Å². The molecule has 0 saturated heterocycles. The third-order valence-electron chi connectivity index (χ3n) is 3.32. The number of hydrogen-bond donors (Lipinski definition) is 0. The average Bonchev–Trinajstić information content (AvgIpc) is 2.27. The molecule has 1 rings (SSSR count). The van der Waals surface area contributed by atoms with Crippen molar-refractivity contribution < 1.29 is 0 Å². The Bertz CT molecular complexity index is 363. The quantitative estimate of drug-likeness (QED) is 0.721. The van der Waals surface area contributed by atoms with Gasteiger partial charge in [0.2, 0.25) is 0 Å². The summed E-state index contributed by atoms with van der Waals surface area (Å²) in [4.78, 5) is 2.30. The summed E-state index contributed by atoms with van der Waals surface area (Å²) in [6.45, 7) is 6.69. The summed E-state index contributed by atoms with van der Waals surface area (Å²) < 4.78 is 1.08. The van der Waals surface area contributed by atoms with E-state index in [-0.39, 0.29) is 5.54 Å². The lowest BCUT2D eigenvalue weighted by atomic mass is 9.98. The van der Waals surface area contributed by atoms with Crippen molar-refractivity contribution in [3.8, 4) is 0 Å². The Morgan fingerprint density at radius 1 is 1.38 bits per heavy atom. The Balaban J connectivity index is 3.13. The van der Waals surface area contributed by atoms with Gasteiger partial charge in [0.25, 0.3) is 0 Å². The van der Waals surface area contributed by atoms with Crippen LogP contribution in [0.3, 0.4) is 0 Å². The Labute approximate surface area is 112 Å². The van der Waals surface area contributed by atoms with Crippen LogP contribution >= 0.6 is 27.5 Å². The third kappa shape index (κ3) is 2.92. The van der Waals surface area contributed by atoms with Gasteiger partial charge in [-0.15, -0.1) is 11.6 Å². The van der Waals surface area contributed by atoms with Crippen LogP contribution in [0.5, 0.6) is 0 Å². The summed E-state index contributed by atoms with van der Waals surface area (Å²) in [6.07, 6.45) is 1.10. The van der Waals surface area contributed by atoms with Crippen LogP contribution in [0.2, 0.25) is 0 Å². The fraction of sp³-hybridized carbons (Fsp3) is 0.538. The molecule has 90 valence electrons. The van der Waals surface area contributed by atoms with E-state index in [4.69, 9.17) is 11.6 Å². The first-order valence-corrected chi connectivity index (χ1v) is 6.83. The molecule has 0 aliphatic rings. The molecular weight excluding hydrogens is 286 g/mol. The maximum Gasteiger partial charge on any atom is 0.0494 e.